The zero-order valence-corrected chi connectivity index (χ0v) is 15.5. The quantitative estimate of drug-likeness (QED) is 0.732. The molecule has 0 radical (unpaired) electrons. The van der Waals surface area contributed by atoms with Crippen molar-refractivity contribution >= 4 is 31.9 Å². The minimum Gasteiger partial charge on any atom is -0.305 e. The van der Waals surface area contributed by atoms with Crippen LogP contribution in [0.1, 0.15) is 44.0 Å². The third kappa shape index (κ3) is 4.37. The Balaban J connectivity index is 2.32. The molecule has 2 aromatic rings. The molecule has 21 heavy (non-hydrogen) atoms. The molecule has 0 aromatic carbocycles. The molecule has 1 atom stereocenters. The maximum absolute atomic E-state index is 4.57. The lowest BCUT2D eigenvalue weighted by atomic mass is 10.1. The van der Waals surface area contributed by atoms with Crippen LogP contribution in [0.15, 0.2) is 33.6 Å². The molecular formula is C15H20Br2N4. The van der Waals surface area contributed by atoms with Crippen LogP contribution in [0.2, 0.25) is 0 Å². The fourth-order valence-electron chi connectivity index (χ4n) is 2.18. The first-order valence-electron chi connectivity index (χ1n) is 7.22. The van der Waals surface area contributed by atoms with E-state index in [0.29, 0.717) is 0 Å². The number of halogens is 2. The van der Waals surface area contributed by atoms with Crippen molar-refractivity contribution in [2.45, 2.75) is 39.3 Å². The Kier molecular flexibility index (Phi) is 6.39. The normalized spacial score (nSPS) is 12.6. The van der Waals surface area contributed by atoms with Crippen molar-refractivity contribution in [3.8, 4) is 0 Å². The van der Waals surface area contributed by atoms with Gasteiger partial charge in [0.25, 0.3) is 0 Å². The molecule has 6 heteroatoms. The molecule has 0 fully saturated rings. The van der Waals surface area contributed by atoms with Gasteiger partial charge in [0, 0.05) is 33.4 Å². The molecule has 0 amide bonds. The number of hydrogen-bond donors (Lipinski definition) is 1. The standard InChI is InChI=1S/C15H20Br2N4/c1-3-5-18-14(11-8-20-21(10-11)6-4-2)15-13(17)7-12(16)9-19-15/h7-10,14,18H,3-6H2,1-2H3. The zero-order chi connectivity index (χ0) is 15.2. The molecule has 114 valence electrons. The lowest BCUT2D eigenvalue weighted by Gasteiger charge is -2.18. The third-order valence-corrected chi connectivity index (χ3v) is 4.22. The van der Waals surface area contributed by atoms with E-state index < -0.39 is 0 Å². The van der Waals surface area contributed by atoms with Crippen molar-refractivity contribution in [3.63, 3.8) is 0 Å². The summed E-state index contributed by atoms with van der Waals surface area (Å²) in [6.45, 7) is 6.19. The summed E-state index contributed by atoms with van der Waals surface area (Å²) in [4.78, 5) is 4.57. The molecule has 0 aliphatic rings. The number of rotatable bonds is 7. The summed E-state index contributed by atoms with van der Waals surface area (Å²) < 4.78 is 3.95. The Morgan fingerprint density at radius 1 is 1.24 bits per heavy atom. The van der Waals surface area contributed by atoms with Crippen LogP contribution < -0.4 is 5.32 Å². The number of pyridine rings is 1. The van der Waals surface area contributed by atoms with Crippen LogP contribution in [0, 0.1) is 0 Å². The van der Waals surface area contributed by atoms with Crippen molar-refractivity contribution in [1.82, 2.24) is 20.1 Å². The molecule has 2 aromatic heterocycles. The number of hydrogen-bond acceptors (Lipinski definition) is 3. The molecule has 0 aliphatic carbocycles. The van der Waals surface area contributed by atoms with E-state index in [-0.39, 0.29) is 6.04 Å². The van der Waals surface area contributed by atoms with Crippen LogP contribution in [0.5, 0.6) is 0 Å². The molecule has 2 rings (SSSR count). The first kappa shape index (κ1) is 16.6. The fourth-order valence-corrected chi connectivity index (χ4v) is 3.40. The Morgan fingerprint density at radius 2 is 2.05 bits per heavy atom. The van der Waals surface area contributed by atoms with E-state index >= 15 is 0 Å². The zero-order valence-electron chi connectivity index (χ0n) is 12.3. The summed E-state index contributed by atoms with van der Waals surface area (Å²) in [5.41, 5.74) is 2.13. The highest BCUT2D eigenvalue weighted by molar-refractivity contribution is 9.11. The summed E-state index contributed by atoms with van der Waals surface area (Å²) in [5.74, 6) is 0. The van der Waals surface area contributed by atoms with Gasteiger partial charge < -0.3 is 5.32 Å². The summed E-state index contributed by atoms with van der Waals surface area (Å²) in [6, 6.07) is 2.08. The van der Waals surface area contributed by atoms with E-state index in [9.17, 15) is 0 Å². The van der Waals surface area contributed by atoms with Gasteiger partial charge in [-0.15, -0.1) is 0 Å². The largest absolute Gasteiger partial charge is 0.305 e. The van der Waals surface area contributed by atoms with Gasteiger partial charge >= 0.3 is 0 Å². The van der Waals surface area contributed by atoms with Gasteiger partial charge in [0.05, 0.1) is 17.9 Å². The SMILES string of the molecule is CCCNC(c1cnn(CCC)c1)c1ncc(Br)cc1Br. The van der Waals surface area contributed by atoms with Crippen LogP contribution in [0.4, 0.5) is 0 Å². The second-order valence-corrected chi connectivity index (χ2v) is 6.71. The Morgan fingerprint density at radius 3 is 2.71 bits per heavy atom. The second kappa shape index (κ2) is 8.06. The van der Waals surface area contributed by atoms with Gasteiger partial charge in [0.1, 0.15) is 0 Å². The van der Waals surface area contributed by atoms with Crippen molar-refractivity contribution in [2.75, 3.05) is 6.54 Å². The van der Waals surface area contributed by atoms with Crippen molar-refractivity contribution in [2.24, 2.45) is 0 Å². The van der Waals surface area contributed by atoms with Gasteiger partial charge in [0.2, 0.25) is 0 Å². The summed E-state index contributed by atoms with van der Waals surface area (Å²) in [7, 11) is 0. The Bertz CT molecular complexity index is 583. The van der Waals surface area contributed by atoms with Gasteiger partial charge in [-0.3, -0.25) is 9.67 Å². The monoisotopic (exact) mass is 414 g/mol. The molecule has 0 saturated heterocycles. The van der Waals surface area contributed by atoms with E-state index in [4.69, 9.17) is 0 Å². The maximum atomic E-state index is 4.57. The van der Waals surface area contributed by atoms with Gasteiger partial charge in [-0.05, 0) is 57.3 Å². The molecule has 1 N–H and O–H groups in total. The highest BCUT2D eigenvalue weighted by Crippen LogP contribution is 2.28. The van der Waals surface area contributed by atoms with Gasteiger partial charge in [-0.25, -0.2) is 0 Å². The minimum atomic E-state index is 0.0537. The van der Waals surface area contributed by atoms with E-state index in [1.165, 1.54) is 0 Å². The average molecular weight is 416 g/mol. The predicted molar refractivity (Wildman–Crippen MR) is 92.3 cm³/mol. The summed E-state index contributed by atoms with van der Waals surface area (Å²) >= 11 is 7.06. The minimum absolute atomic E-state index is 0.0537. The third-order valence-electron chi connectivity index (χ3n) is 3.15. The molecule has 0 spiro atoms. The molecule has 0 aliphatic heterocycles. The van der Waals surface area contributed by atoms with Crippen LogP contribution in [0.25, 0.3) is 0 Å². The maximum Gasteiger partial charge on any atom is 0.0793 e. The number of aromatic nitrogens is 3. The molecule has 0 saturated carbocycles. The second-order valence-electron chi connectivity index (χ2n) is 4.94. The number of nitrogens with zero attached hydrogens (tertiary/aromatic N) is 3. The molecule has 0 bridgehead atoms. The topological polar surface area (TPSA) is 42.7 Å². The van der Waals surface area contributed by atoms with Crippen LogP contribution in [-0.4, -0.2) is 21.3 Å². The van der Waals surface area contributed by atoms with Crippen molar-refractivity contribution < 1.29 is 0 Å². The van der Waals surface area contributed by atoms with E-state index in [1.54, 1.807) is 0 Å². The van der Waals surface area contributed by atoms with Crippen LogP contribution in [0.3, 0.4) is 0 Å². The summed E-state index contributed by atoms with van der Waals surface area (Å²) in [6.07, 6.45) is 8.02. The fraction of sp³-hybridized carbons (Fsp3) is 0.467. The van der Waals surface area contributed by atoms with E-state index in [0.717, 1.165) is 46.1 Å². The summed E-state index contributed by atoms with van der Waals surface area (Å²) in [5, 5.41) is 7.99. The molecule has 1 unspecified atom stereocenters. The lowest BCUT2D eigenvalue weighted by molar-refractivity contribution is 0.578. The van der Waals surface area contributed by atoms with Crippen LogP contribution >= 0.6 is 31.9 Å². The molecule has 2 heterocycles. The first-order chi connectivity index (χ1) is 10.2. The average Bonchev–Trinajstić information content (AvgIpc) is 2.90. The van der Waals surface area contributed by atoms with Gasteiger partial charge in [-0.2, -0.15) is 5.10 Å². The van der Waals surface area contributed by atoms with Crippen molar-refractivity contribution in [3.05, 3.63) is 44.9 Å². The van der Waals surface area contributed by atoms with Gasteiger partial charge in [0.15, 0.2) is 0 Å². The highest BCUT2D eigenvalue weighted by atomic mass is 79.9. The van der Waals surface area contributed by atoms with Crippen LogP contribution in [-0.2, 0) is 6.54 Å². The molecule has 4 nitrogen and oxygen atoms in total. The Hall–Kier alpha value is -0.720. The van der Waals surface area contributed by atoms with E-state index in [2.05, 4.69) is 67.3 Å². The smallest absolute Gasteiger partial charge is 0.0793 e. The predicted octanol–water partition coefficient (Wildman–Crippen LogP) is 4.30. The number of nitrogens with one attached hydrogen (secondary N) is 1. The highest BCUT2D eigenvalue weighted by Gasteiger charge is 2.19. The lowest BCUT2D eigenvalue weighted by Crippen LogP contribution is -2.24. The molecular weight excluding hydrogens is 396 g/mol. The van der Waals surface area contributed by atoms with Gasteiger partial charge in [-0.1, -0.05) is 13.8 Å². The first-order valence-corrected chi connectivity index (χ1v) is 8.81. The Labute approximate surface area is 142 Å². The van der Waals surface area contributed by atoms with E-state index in [1.807, 2.05) is 23.1 Å². The number of aryl methyl sites for hydroxylation is 1. The van der Waals surface area contributed by atoms with Crippen molar-refractivity contribution in [1.29, 1.82) is 0 Å².